The first-order chi connectivity index (χ1) is 13.2. The quantitative estimate of drug-likeness (QED) is 0.576. The van der Waals surface area contributed by atoms with E-state index in [1.807, 2.05) is 41.2 Å². The summed E-state index contributed by atoms with van der Waals surface area (Å²) in [5, 5.41) is 2.97. The molecular formula is C20H24N4O2S. The number of carbonyl (C=O) groups is 1. The van der Waals surface area contributed by atoms with E-state index in [1.54, 1.807) is 34.7 Å². The summed E-state index contributed by atoms with van der Waals surface area (Å²) < 4.78 is 3.68. The molecule has 0 unspecified atom stereocenters. The Hall–Kier alpha value is -2.54. The number of aryl methyl sites for hydroxylation is 1. The lowest BCUT2D eigenvalue weighted by molar-refractivity contribution is -0.121. The van der Waals surface area contributed by atoms with Crippen LogP contribution in [0.2, 0.25) is 0 Å². The van der Waals surface area contributed by atoms with Crippen LogP contribution in [0.5, 0.6) is 0 Å². The molecule has 1 amide bonds. The fourth-order valence-corrected chi connectivity index (χ4v) is 3.50. The highest BCUT2D eigenvalue weighted by molar-refractivity contribution is 7.97. The third-order valence-electron chi connectivity index (χ3n) is 4.36. The summed E-state index contributed by atoms with van der Waals surface area (Å²) in [4.78, 5) is 28.7. The lowest BCUT2D eigenvalue weighted by Gasteiger charge is -2.10. The van der Waals surface area contributed by atoms with Crippen molar-refractivity contribution >= 4 is 28.7 Å². The maximum Gasteiger partial charge on any atom is 0.250 e. The number of hydrogen-bond donors (Lipinski definition) is 1. The predicted molar refractivity (Wildman–Crippen MR) is 110 cm³/mol. The van der Waals surface area contributed by atoms with Crippen LogP contribution in [0, 0.1) is 0 Å². The largest absolute Gasteiger partial charge is 0.355 e. The zero-order valence-electron chi connectivity index (χ0n) is 15.4. The molecule has 27 heavy (non-hydrogen) atoms. The number of fused-ring (bicyclic) bond motifs is 1. The fourth-order valence-electron chi connectivity index (χ4n) is 3.02. The van der Waals surface area contributed by atoms with E-state index in [1.165, 1.54) is 0 Å². The maximum absolute atomic E-state index is 12.4. The van der Waals surface area contributed by atoms with E-state index in [2.05, 4.69) is 10.3 Å². The average molecular weight is 385 g/mol. The molecule has 142 valence electrons. The van der Waals surface area contributed by atoms with E-state index >= 15 is 0 Å². The molecule has 7 heteroatoms. The minimum atomic E-state index is -0.0163. The first-order valence-corrected chi connectivity index (χ1v) is 10.4. The summed E-state index contributed by atoms with van der Waals surface area (Å²) in [5.74, 6) is 1.67. The van der Waals surface area contributed by atoms with Crippen LogP contribution in [0.25, 0.3) is 11.0 Å². The number of rotatable bonds is 9. The number of carbonyl (C=O) groups excluding carboxylic acids is 1. The highest BCUT2D eigenvalue weighted by atomic mass is 32.2. The molecule has 0 radical (unpaired) electrons. The van der Waals surface area contributed by atoms with E-state index in [0.717, 1.165) is 35.5 Å². The molecule has 2 heterocycles. The molecule has 1 N–H and O–H groups in total. The van der Waals surface area contributed by atoms with Crippen LogP contribution in [0.4, 0.5) is 0 Å². The number of hydrogen-bond acceptors (Lipinski definition) is 4. The first kappa shape index (κ1) is 19.2. The van der Waals surface area contributed by atoms with Gasteiger partial charge in [-0.3, -0.25) is 9.59 Å². The molecule has 0 saturated heterocycles. The van der Waals surface area contributed by atoms with Gasteiger partial charge in [0.25, 0.3) is 0 Å². The van der Waals surface area contributed by atoms with Gasteiger partial charge in [0.1, 0.15) is 12.4 Å². The third kappa shape index (κ3) is 5.01. The number of pyridine rings is 1. The highest BCUT2D eigenvalue weighted by Gasteiger charge is 2.12. The van der Waals surface area contributed by atoms with Crippen molar-refractivity contribution in [1.82, 2.24) is 19.4 Å². The van der Waals surface area contributed by atoms with Gasteiger partial charge in [-0.15, -0.1) is 0 Å². The first-order valence-electron chi connectivity index (χ1n) is 9.04. The smallest absolute Gasteiger partial charge is 0.250 e. The van der Waals surface area contributed by atoms with Crippen molar-refractivity contribution in [3.8, 4) is 0 Å². The molecule has 0 fully saturated rings. The van der Waals surface area contributed by atoms with Crippen LogP contribution in [0.15, 0.2) is 53.5 Å². The summed E-state index contributed by atoms with van der Waals surface area (Å²) in [6.45, 7) is 1.54. The van der Waals surface area contributed by atoms with Gasteiger partial charge in [-0.1, -0.05) is 18.2 Å². The molecule has 1 aromatic carbocycles. The lowest BCUT2D eigenvalue weighted by Crippen LogP contribution is -2.29. The monoisotopic (exact) mass is 384 g/mol. The molecule has 0 aliphatic rings. The zero-order chi connectivity index (χ0) is 19.1. The number of benzene rings is 1. The van der Waals surface area contributed by atoms with Gasteiger partial charge in [-0.05, 0) is 37.3 Å². The predicted octanol–water partition coefficient (Wildman–Crippen LogP) is 2.66. The maximum atomic E-state index is 12.4. The van der Waals surface area contributed by atoms with Gasteiger partial charge in [0.2, 0.25) is 11.5 Å². The fraction of sp³-hybridized carbons (Fsp3) is 0.350. The van der Waals surface area contributed by atoms with Crippen molar-refractivity contribution < 1.29 is 4.79 Å². The van der Waals surface area contributed by atoms with Gasteiger partial charge < -0.3 is 14.5 Å². The van der Waals surface area contributed by atoms with Gasteiger partial charge in [0.05, 0.1) is 16.8 Å². The molecule has 0 spiro atoms. The highest BCUT2D eigenvalue weighted by Crippen LogP contribution is 2.18. The molecule has 0 aliphatic carbocycles. The number of thioether (sulfide) groups is 1. The topological polar surface area (TPSA) is 68.9 Å². The Morgan fingerprint density at radius 1 is 1.15 bits per heavy atom. The summed E-state index contributed by atoms with van der Waals surface area (Å²) in [5.41, 5.74) is 1.91. The Kier molecular flexibility index (Phi) is 6.70. The van der Waals surface area contributed by atoms with Gasteiger partial charge >= 0.3 is 0 Å². The number of nitrogens with one attached hydrogen (secondary N) is 1. The summed E-state index contributed by atoms with van der Waals surface area (Å²) in [6.07, 6.45) is 5.49. The van der Waals surface area contributed by atoms with Crippen molar-refractivity contribution in [1.29, 1.82) is 0 Å². The van der Waals surface area contributed by atoms with Crippen LogP contribution >= 0.6 is 11.8 Å². The van der Waals surface area contributed by atoms with Gasteiger partial charge in [0.15, 0.2) is 0 Å². The minimum absolute atomic E-state index is 0.00912. The summed E-state index contributed by atoms with van der Waals surface area (Å²) in [7, 11) is 0. The number of nitrogens with zero attached hydrogens (tertiary/aromatic N) is 3. The van der Waals surface area contributed by atoms with E-state index < -0.39 is 0 Å². The molecule has 0 saturated carbocycles. The molecule has 0 atom stereocenters. The molecule has 0 bridgehead atoms. The van der Waals surface area contributed by atoms with Crippen molar-refractivity contribution in [3.05, 3.63) is 64.8 Å². The third-order valence-corrected chi connectivity index (χ3v) is 4.90. The number of amides is 1. The number of imidazole rings is 1. The Labute approximate surface area is 162 Å². The standard InChI is InChI=1S/C20H24N4O2S/c1-27-15-18-22-16-8-2-3-9-17(16)24(18)14-19(25)21-11-5-7-13-23-12-6-4-10-20(23)26/h2-4,6,8-10,12H,5,7,11,13-15H2,1H3,(H,21,25). The van der Waals surface area contributed by atoms with Crippen LogP contribution in [0.1, 0.15) is 18.7 Å². The molecular weight excluding hydrogens is 360 g/mol. The molecule has 2 aromatic heterocycles. The van der Waals surface area contributed by atoms with E-state index in [4.69, 9.17) is 0 Å². The van der Waals surface area contributed by atoms with Crippen molar-refractivity contribution in [3.63, 3.8) is 0 Å². The van der Waals surface area contributed by atoms with Gasteiger partial charge in [-0.25, -0.2) is 4.98 Å². The Bertz CT molecular complexity index is 964. The van der Waals surface area contributed by atoms with E-state index in [9.17, 15) is 9.59 Å². The van der Waals surface area contributed by atoms with E-state index in [-0.39, 0.29) is 18.0 Å². The number of unbranched alkanes of at least 4 members (excludes halogenated alkanes) is 1. The molecule has 6 nitrogen and oxygen atoms in total. The average Bonchev–Trinajstić information content (AvgIpc) is 3.00. The molecule has 3 rings (SSSR count). The Morgan fingerprint density at radius 2 is 1.96 bits per heavy atom. The second kappa shape index (κ2) is 9.41. The van der Waals surface area contributed by atoms with E-state index in [0.29, 0.717) is 13.1 Å². The van der Waals surface area contributed by atoms with Crippen molar-refractivity contribution in [2.75, 3.05) is 12.8 Å². The summed E-state index contributed by atoms with van der Waals surface area (Å²) in [6, 6.07) is 13.0. The zero-order valence-corrected chi connectivity index (χ0v) is 16.2. The van der Waals surface area contributed by atoms with Crippen LogP contribution < -0.4 is 10.9 Å². The molecule has 0 aliphatic heterocycles. The SMILES string of the molecule is CSCc1nc2ccccc2n1CC(=O)NCCCCn1ccccc1=O. The normalized spacial score (nSPS) is 11.0. The number of aromatic nitrogens is 3. The number of para-hydroxylation sites is 2. The lowest BCUT2D eigenvalue weighted by atomic mass is 10.3. The van der Waals surface area contributed by atoms with Crippen LogP contribution in [-0.4, -0.2) is 32.8 Å². The Balaban J connectivity index is 1.51. The Morgan fingerprint density at radius 3 is 2.78 bits per heavy atom. The second-order valence-electron chi connectivity index (χ2n) is 6.33. The summed E-state index contributed by atoms with van der Waals surface area (Å²) >= 11 is 1.69. The van der Waals surface area contributed by atoms with Crippen molar-refractivity contribution in [2.45, 2.75) is 31.7 Å². The molecule has 3 aromatic rings. The van der Waals surface area contributed by atoms with Crippen LogP contribution in [-0.2, 0) is 23.6 Å². The van der Waals surface area contributed by atoms with Crippen molar-refractivity contribution in [2.24, 2.45) is 0 Å². The van der Waals surface area contributed by atoms with Gasteiger partial charge in [0, 0.05) is 25.4 Å². The van der Waals surface area contributed by atoms with Crippen LogP contribution in [0.3, 0.4) is 0 Å². The second-order valence-corrected chi connectivity index (χ2v) is 7.19. The van der Waals surface area contributed by atoms with Gasteiger partial charge in [-0.2, -0.15) is 11.8 Å². The minimum Gasteiger partial charge on any atom is -0.355 e.